The van der Waals surface area contributed by atoms with Gasteiger partial charge in [-0.05, 0) is 37.0 Å². The molecule has 2 rings (SSSR count). The number of nitrogens with two attached hydrogens (primary N) is 1. The third-order valence-corrected chi connectivity index (χ3v) is 3.76. The number of amides is 1. The number of likely N-dealkylation sites (tertiary alicyclic amines) is 1. The Kier molecular flexibility index (Phi) is 4.20. The van der Waals surface area contributed by atoms with Crippen LogP contribution in [-0.4, -0.2) is 23.4 Å². The number of rotatable bonds is 3. The molecule has 0 radical (unpaired) electrons. The smallest absolute Gasteiger partial charge is 0.223 e. The second-order valence-electron chi connectivity index (χ2n) is 5.24. The van der Waals surface area contributed by atoms with Crippen LogP contribution in [0.2, 0.25) is 0 Å². The molecule has 1 amide bonds. The molecule has 1 saturated heterocycles. The lowest BCUT2D eigenvalue weighted by Gasteiger charge is -2.40. The summed E-state index contributed by atoms with van der Waals surface area (Å²) in [6.07, 6.45) is 2.04. The highest BCUT2D eigenvalue weighted by Gasteiger charge is 2.34. The van der Waals surface area contributed by atoms with Gasteiger partial charge in [-0.2, -0.15) is 0 Å². The largest absolute Gasteiger partial charge is 0.334 e. The van der Waals surface area contributed by atoms with Gasteiger partial charge < -0.3 is 10.6 Å². The standard InChI is InChI=1S/C15H21FN2O/c1-3-8-18-14(19)7-6-13(17)15(18)11-5-4-10(2)12(16)9-11/h4-5,9,13,15H,3,6-8,17H2,1-2H3. The number of piperidine rings is 1. The molecule has 0 aromatic heterocycles. The van der Waals surface area contributed by atoms with Gasteiger partial charge in [-0.3, -0.25) is 4.79 Å². The monoisotopic (exact) mass is 264 g/mol. The lowest BCUT2D eigenvalue weighted by molar-refractivity contribution is -0.137. The Morgan fingerprint density at radius 3 is 2.84 bits per heavy atom. The zero-order valence-electron chi connectivity index (χ0n) is 11.5. The van der Waals surface area contributed by atoms with Crippen LogP contribution < -0.4 is 5.73 Å². The summed E-state index contributed by atoms with van der Waals surface area (Å²) >= 11 is 0. The maximum atomic E-state index is 13.7. The minimum absolute atomic E-state index is 0.119. The van der Waals surface area contributed by atoms with Crippen LogP contribution in [-0.2, 0) is 4.79 Å². The van der Waals surface area contributed by atoms with Crippen molar-refractivity contribution in [3.05, 3.63) is 35.1 Å². The van der Waals surface area contributed by atoms with E-state index in [-0.39, 0.29) is 23.8 Å². The molecule has 0 bridgehead atoms. The van der Waals surface area contributed by atoms with Crippen molar-refractivity contribution in [1.29, 1.82) is 0 Å². The molecule has 1 aliphatic heterocycles. The molecule has 19 heavy (non-hydrogen) atoms. The van der Waals surface area contributed by atoms with Crippen molar-refractivity contribution < 1.29 is 9.18 Å². The van der Waals surface area contributed by atoms with Crippen molar-refractivity contribution in [2.75, 3.05) is 6.54 Å². The molecular formula is C15H21FN2O. The SMILES string of the molecule is CCCN1C(=O)CCC(N)C1c1ccc(C)c(F)c1. The Bertz CT molecular complexity index is 475. The van der Waals surface area contributed by atoms with Crippen LogP contribution in [0.4, 0.5) is 4.39 Å². The van der Waals surface area contributed by atoms with E-state index in [0.717, 1.165) is 12.0 Å². The Morgan fingerprint density at radius 2 is 2.21 bits per heavy atom. The molecule has 3 nitrogen and oxygen atoms in total. The van der Waals surface area contributed by atoms with Gasteiger partial charge in [0.25, 0.3) is 0 Å². The van der Waals surface area contributed by atoms with E-state index in [4.69, 9.17) is 5.73 Å². The van der Waals surface area contributed by atoms with Gasteiger partial charge in [0.2, 0.25) is 5.91 Å². The summed E-state index contributed by atoms with van der Waals surface area (Å²) in [5, 5.41) is 0. The third-order valence-electron chi connectivity index (χ3n) is 3.76. The van der Waals surface area contributed by atoms with Crippen molar-refractivity contribution in [3.63, 3.8) is 0 Å². The number of nitrogens with zero attached hydrogens (tertiary/aromatic N) is 1. The van der Waals surface area contributed by atoms with E-state index in [2.05, 4.69) is 0 Å². The van der Waals surface area contributed by atoms with Crippen molar-refractivity contribution in [3.8, 4) is 0 Å². The summed E-state index contributed by atoms with van der Waals surface area (Å²) in [5.41, 5.74) is 7.58. The van der Waals surface area contributed by atoms with E-state index in [1.54, 1.807) is 17.9 Å². The van der Waals surface area contributed by atoms with Gasteiger partial charge in [0.1, 0.15) is 5.82 Å². The maximum absolute atomic E-state index is 13.7. The van der Waals surface area contributed by atoms with Gasteiger partial charge in [0.15, 0.2) is 0 Å². The Labute approximate surface area is 113 Å². The number of carbonyl (C=O) groups is 1. The first-order valence-electron chi connectivity index (χ1n) is 6.85. The van der Waals surface area contributed by atoms with Crippen LogP contribution in [0.5, 0.6) is 0 Å². The molecule has 0 saturated carbocycles. The summed E-state index contributed by atoms with van der Waals surface area (Å²) in [7, 11) is 0. The van der Waals surface area contributed by atoms with E-state index in [1.807, 2.05) is 13.0 Å². The summed E-state index contributed by atoms with van der Waals surface area (Å²) in [5.74, 6) is -0.117. The number of hydrogen-bond donors (Lipinski definition) is 1. The molecule has 104 valence electrons. The first-order valence-corrected chi connectivity index (χ1v) is 6.85. The zero-order valence-corrected chi connectivity index (χ0v) is 11.5. The van der Waals surface area contributed by atoms with E-state index < -0.39 is 0 Å². The van der Waals surface area contributed by atoms with Crippen molar-refractivity contribution >= 4 is 5.91 Å². The number of carbonyl (C=O) groups excluding carboxylic acids is 1. The first kappa shape index (κ1) is 14.0. The fourth-order valence-corrected chi connectivity index (χ4v) is 2.70. The second kappa shape index (κ2) is 5.70. The van der Waals surface area contributed by atoms with Crippen LogP contribution in [0, 0.1) is 12.7 Å². The average Bonchev–Trinajstić information content (AvgIpc) is 2.38. The molecule has 2 unspecified atom stereocenters. The first-order chi connectivity index (χ1) is 9.04. The fourth-order valence-electron chi connectivity index (χ4n) is 2.70. The predicted molar refractivity (Wildman–Crippen MR) is 73.1 cm³/mol. The minimum Gasteiger partial charge on any atom is -0.334 e. The summed E-state index contributed by atoms with van der Waals surface area (Å²) in [6, 6.07) is 4.83. The molecule has 1 aromatic carbocycles. The lowest BCUT2D eigenvalue weighted by atomic mass is 9.90. The molecule has 1 fully saturated rings. The second-order valence-corrected chi connectivity index (χ2v) is 5.24. The summed E-state index contributed by atoms with van der Waals surface area (Å²) in [4.78, 5) is 13.8. The van der Waals surface area contributed by atoms with E-state index in [1.165, 1.54) is 6.07 Å². The van der Waals surface area contributed by atoms with Gasteiger partial charge in [-0.1, -0.05) is 19.1 Å². The van der Waals surface area contributed by atoms with Crippen LogP contribution >= 0.6 is 0 Å². The minimum atomic E-state index is -0.237. The highest BCUT2D eigenvalue weighted by atomic mass is 19.1. The molecule has 0 aliphatic carbocycles. The van der Waals surface area contributed by atoms with Crippen molar-refractivity contribution in [2.45, 2.75) is 45.2 Å². The highest BCUT2D eigenvalue weighted by Crippen LogP contribution is 2.31. The number of benzene rings is 1. The Morgan fingerprint density at radius 1 is 1.47 bits per heavy atom. The predicted octanol–water partition coefficient (Wildman–Crippen LogP) is 2.53. The van der Waals surface area contributed by atoms with E-state index in [9.17, 15) is 9.18 Å². The fraction of sp³-hybridized carbons (Fsp3) is 0.533. The van der Waals surface area contributed by atoms with E-state index in [0.29, 0.717) is 24.9 Å². The van der Waals surface area contributed by atoms with Crippen LogP contribution in [0.15, 0.2) is 18.2 Å². The average molecular weight is 264 g/mol. The normalized spacial score (nSPS) is 23.8. The highest BCUT2D eigenvalue weighted by molar-refractivity contribution is 5.78. The molecule has 1 aliphatic rings. The number of halogens is 1. The van der Waals surface area contributed by atoms with Gasteiger partial charge >= 0.3 is 0 Å². The molecule has 0 spiro atoms. The van der Waals surface area contributed by atoms with Gasteiger partial charge in [-0.25, -0.2) is 4.39 Å². The van der Waals surface area contributed by atoms with Crippen LogP contribution in [0.1, 0.15) is 43.4 Å². The van der Waals surface area contributed by atoms with Crippen LogP contribution in [0.25, 0.3) is 0 Å². The van der Waals surface area contributed by atoms with Crippen molar-refractivity contribution in [1.82, 2.24) is 4.90 Å². The van der Waals surface area contributed by atoms with Gasteiger partial charge in [0.05, 0.1) is 6.04 Å². The molecule has 2 atom stereocenters. The number of aryl methyl sites for hydroxylation is 1. The third kappa shape index (κ3) is 2.78. The van der Waals surface area contributed by atoms with E-state index >= 15 is 0 Å². The van der Waals surface area contributed by atoms with Gasteiger partial charge in [0, 0.05) is 19.0 Å². The lowest BCUT2D eigenvalue weighted by Crippen LogP contribution is -2.49. The maximum Gasteiger partial charge on any atom is 0.223 e. The molecular weight excluding hydrogens is 243 g/mol. The summed E-state index contributed by atoms with van der Waals surface area (Å²) in [6.45, 7) is 4.43. The molecule has 2 N–H and O–H groups in total. The topological polar surface area (TPSA) is 46.3 Å². The Hall–Kier alpha value is -1.42. The van der Waals surface area contributed by atoms with Crippen molar-refractivity contribution in [2.24, 2.45) is 5.73 Å². The molecule has 1 heterocycles. The van der Waals surface area contributed by atoms with Gasteiger partial charge in [-0.15, -0.1) is 0 Å². The Balaban J connectivity index is 2.36. The quantitative estimate of drug-likeness (QED) is 0.912. The zero-order chi connectivity index (χ0) is 14.0. The van der Waals surface area contributed by atoms with Crippen LogP contribution in [0.3, 0.4) is 0 Å². The molecule has 4 heteroatoms. The number of hydrogen-bond acceptors (Lipinski definition) is 2. The summed E-state index contributed by atoms with van der Waals surface area (Å²) < 4.78 is 13.7. The molecule has 1 aromatic rings.